The second-order valence-corrected chi connectivity index (χ2v) is 9.55. The predicted octanol–water partition coefficient (Wildman–Crippen LogP) is 5.02. The van der Waals surface area contributed by atoms with E-state index in [9.17, 15) is 9.59 Å². The number of halogens is 2. The molecule has 1 fully saturated rings. The van der Waals surface area contributed by atoms with E-state index in [2.05, 4.69) is 41.6 Å². The monoisotopic (exact) mass is 612 g/mol. The van der Waals surface area contributed by atoms with Crippen molar-refractivity contribution in [2.75, 3.05) is 41.1 Å². The smallest absolute Gasteiger partial charge is 0.343 e. The van der Waals surface area contributed by atoms with Crippen LogP contribution in [0.5, 0.6) is 11.5 Å². The lowest BCUT2D eigenvalue weighted by atomic mass is 10.2. The Kier molecular flexibility index (Phi) is 9.57. The Bertz CT molecular complexity index is 1100. The number of esters is 1. The third-order valence-electron chi connectivity index (χ3n) is 4.58. The standard InChI is InChI=1S/C23H22Br2N2O6S/c1-30-9-8-27-22(29)19(34-23(27)26-15-4-6-16(31-2)7-5-15)12-14-10-17(24)21(18(25)11-14)33-13-20(28)32-3/h4-7,10-12H,8-9,13H2,1-3H3/b19-12-,26-23?. The number of hydrogen-bond acceptors (Lipinski definition) is 8. The van der Waals surface area contributed by atoms with Crippen molar-refractivity contribution in [1.29, 1.82) is 0 Å². The largest absolute Gasteiger partial charge is 0.497 e. The van der Waals surface area contributed by atoms with Gasteiger partial charge in [0.05, 0.1) is 46.9 Å². The molecule has 34 heavy (non-hydrogen) atoms. The van der Waals surface area contributed by atoms with Crippen molar-refractivity contribution >= 4 is 72.4 Å². The van der Waals surface area contributed by atoms with Gasteiger partial charge in [0.25, 0.3) is 5.91 Å². The highest BCUT2D eigenvalue weighted by Crippen LogP contribution is 2.38. The minimum atomic E-state index is -0.488. The van der Waals surface area contributed by atoms with Crippen molar-refractivity contribution < 1.29 is 28.5 Å². The highest BCUT2D eigenvalue weighted by Gasteiger charge is 2.33. The van der Waals surface area contributed by atoms with Gasteiger partial charge in [0.2, 0.25) is 0 Å². The normalized spacial score (nSPS) is 15.8. The highest BCUT2D eigenvalue weighted by atomic mass is 79.9. The van der Waals surface area contributed by atoms with Gasteiger partial charge in [0.1, 0.15) is 11.5 Å². The summed E-state index contributed by atoms with van der Waals surface area (Å²) < 4.78 is 21.7. The number of rotatable bonds is 9. The summed E-state index contributed by atoms with van der Waals surface area (Å²) in [7, 11) is 4.48. The number of methoxy groups -OCH3 is 3. The number of amidine groups is 1. The molecule has 0 N–H and O–H groups in total. The number of aliphatic imine (C=N–C) groups is 1. The Morgan fingerprint density at radius 2 is 1.79 bits per heavy atom. The van der Waals surface area contributed by atoms with E-state index in [0.717, 1.165) is 11.3 Å². The minimum Gasteiger partial charge on any atom is -0.497 e. The third-order valence-corrected chi connectivity index (χ3v) is 6.77. The van der Waals surface area contributed by atoms with Crippen LogP contribution in [0.2, 0.25) is 0 Å². The van der Waals surface area contributed by atoms with Crippen LogP contribution in [0.3, 0.4) is 0 Å². The lowest BCUT2D eigenvalue weighted by molar-refractivity contribution is -0.142. The number of carbonyl (C=O) groups excluding carboxylic acids is 2. The molecule has 1 heterocycles. The fraction of sp³-hybridized carbons (Fsp3) is 0.261. The summed E-state index contributed by atoms with van der Waals surface area (Å²) in [6.45, 7) is 0.537. The molecule has 3 rings (SSSR count). The highest BCUT2D eigenvalue weighted by molar-refractivity contribution is 9.11. The van der Waals surface area contributed by atoms with E-state index in [0.29, 0.717) is 43.6 Å². The van der Waals surface area contributed by atoms with Crippen molar-refractivity contribution in [3.05, 3.63) is 55.8 Å². The Balaban J connectivity index is 1.88. The number of ether oxygens (including phenoxy) is 4. The Morgan fingerprint density at radius 1 is 1.12 bits per heavy atom. The van der Waals surface area contributed by atoms with Crippen molar-refractivity contribution in [2.45, 2.75) is 0 Å². The molecule has 8 nitrogen and oxygen atoms in total. The van der Waals surface area contributed by atoms with E-state index in [1.807, 2.05) is 24.3 Å². The van der Waals surface area contributed by atoms with Gasteiger partial charge in [-0.15, -0.1) is 0 Å². The molecule has 11 heteroatoms. The molecule has 0 bridgehead atoms. The first kappa shape index (κ1) is 26.3. The molecule has 0 spiro atoms. The Labute approximate surface area is 218 Å². The lowest BCUT2D eigenvalue weighted by Crippen LogP contribution is -2.32. The van der Waals surface area contributed by atoms with Crippen LogP contribution in [-0.2, 0) is 19.1 Å². The molecule has 0 aliphatic carbocycles. The number of hydrogen-bond donors (Lipinski definition) is 0. The molecule has 1 amide bonds. The summed E-state index contributed by atoms with van der Waals surface area (Å²) in [4.78, 5) is 31.3. The fourth-order valence-electron chi connectivity index (χ4n) is 2.88. The van der Waals surface area contributed by atoms with Gasteiger partial charge in [0.15, 0.2) is 11.8 Å². The first-order valence-electron chi connectivity index (χ1n) is 9.98. The van der Waals surface area contributed by atoms with Crippen LogP contribution in [0, 0.1) is 0 Å². The van der Waals surface area contributed by atoms with Crippen LogP contribution in [0.15, 0.2) is 55.2 Å². The number of amides is 1. The molecular formula is C23H22Br2N2O6S. The molecule has 2 aromatic carbocycles. The van der Waals surface area contributed by atoms with E-state index in [-0.39, 0.29) is 12.5 Å². The van der Waals surface area contributed by atoms with E-state index in [1.54, 1.807) is 37.3 Å². The van der Waals surface area contributed by atoms with Crippen molar-refractivity contribution in [1.82, 2.24) is 4.90 Å². The molecule has 2 aromatic rings. The van der Waals surface area contributed by atoms with Gasteiger partial charge in [-0.1, -0.05) is 0 Å². The summed E-state index contributed by atoms with van der Waals surface area (Å²) in [6, 6.07) is 10.9. The number of carbonyl (C=O) groups is 2. The maximum Gasteiger partial charge on any atom is 0.343 e. The molecule has 0 unspecified atom stereocenters. The second kappa shape index (κ2) is 12.4. The summed E-state index contributed by atoms with van der Waals surface area (Å²) in [5, 5.41) is 0.564. The van der Waals surface area contributed by atoms with E-state index >= 15 is 0 Å². The average molecular weight is 614 g/mol. The predicted molar refractivity (Wildman–Crippen MR) is 139 cm³/mol. The van der Waals surface area contributed by atoms with E-state index < -0.39 is 5.97 Å². The first-order chi connectivity index (χ1) is 16.4. The quantitative estimate of drug-likeness (QED) is 0.290. The van der Waals surface area contributed by atoms with Crippen molar-refractivity contribution in [2.24, 2.45) is 4.99 Å². The van der Waals surface area contributed by atoms with Crippen molar-refractivity contribution in [3.63, 3.8) is 0 Å². The molecule has 0 aromatic heterocycles. The fourth-order valence-corrected chi connectivity index (χ4v) is 5.36. The SMILES string of the molecule is COCCN1C(=O)/C(=C/c2cc(Br)c(OCC(=O)OC)c(Br)c2)SC1=Nc1ccc(OC)cc1. The molecule has 0 radical (unpaired) electrons. The number of benzene rings is 2. The molecule has 0 atom stereocenters. The maximum atomic E-state index is 13.1. The summed E-state index contributed by atoms with van der Waals surface area (Å²) in [6.07, 6.45) is 1.78. The molecule has 1 aliphatic rings. The molecule has 1 aliphatic heterocycles. The van der Waals surface area contributed by atoms with E-state index in [4.69, 9.17) is 14.2 Å². The summed E-state index contributed by atoms with van der Waals surface area (Å²) in [5.74, 6) is 0.540. The summed E-state index contributed by atoms with van der Waals surface area (Å²) in [5.41, 5.74) is 1.47. The van der Waals surface area contributed by atoms with Gasteiger partial charge in [-0.05, 0) is 91.7 Å². The Hall–Kier alpha value is -2.34. The van der Waals surface area contributed by atoms with Crippen LogP contribution in [0.4, 0.5) is 5.69 Å². The molecule has 1 saturated heterocycles. The first-order valence-corrected chi connectivity index (χ1v) is 12.4. The maximum absolute atomic E-state index is 13.1. The molecule has 180 valence electrons. The van der Waals surface area contributed by atoms with Gasteiger partial charge in [-0.2, -0.15) is 0 Å². The van der Waals surface area contributed by atoms with Gasteiger partial charge >= 0.3 is 5.97 Å². The topological polar surface area (TPSA) is 86.7 Å². The minimum absolute atomic E-state index is 0.160. The average Bonchev–Trinajstić information content (AvgIpc) is 3.10. The van der Waals surface area contributed by atoms with E-state index in [1.165, 1.54) is 18.9 Å². The Morgan fingerprint density at radius 3 is 2.38 bits per heavy atom. The second-order valence-electron chi connectivity index (χ2n) is 6.83. The zero-order valence-corrected chi connectivity index (χ0v) is 22.7. The lowest BCUT2D eigenvalue weighted by Gasteiger charge is -2.14. The van der Waals surface area contributed by atoms with Crippen LogP contribution in [-0.4, -0.2) is 63.0 Å². The number of thioether (sulfide) groups is 1. The number of nitrogens with zero attached hydrogens (tertiary/aromatic N) is 2. The van der Waals surface area contributed by atoms with Crippen molar-refractivity contribution in [3.8, 4) is 11.5 Å². The summed E-state index contributed by atoms with van der Waals surface area (Å²) >= 11 is 8.21. The van der Waals surface area contributed by atoms with Crippen LogP contribution >= 0.6 is 43.6 Å². The zero-order chi connectivity index (χ0) is 24.7. The van der Waals surface area contributed by atoms with Gasteiger partial charge in [-0.3, -0.25) is 9.69 Å². The van der Waals surface area contributed by atoms with Gasteiger partial charge in [0, 0.05) is 7.11 Å². The van der Waals surface area contributed by atoms with Gasteiger partial charge < -0.3 is 18.9 Å². The van der Waals surface area contributed by atoms with Crippen LogP contribution in [0.25, 0.3) is 6.08 Å². The zero-order valence-electron chi connectivity index (χ0n) is 18.7. The van der Waals surface area contributed by atoms with Gasteiger partial charge in [-0.25, -0.2) is 9.79 Å². The molecule has 0 saturated carbocycles. The molecular weight excluding hydrogens is 592 g/mol. The third kappa shape index (κ3) is 6.62. The van der Waals surface area contributed by atoms with Crippen LogP contribution in [0.1, 0.15) is 5.56 Å². The van der Waals surface area contributed by atoms with Crippen LogP contribution < -0.4 is 9.47 Å².